The van der Waals surface area contributed by atoms with Gasteiger partial charge in [-0.15, -0.1) is 0 Å². The zero-order chi connectivity index (χ0) is 19.5. The topological polar surface area (TPSA) is 186 Å². The van der Waals surface area contributed by atoms with Crippen molar-refractivity contribution in [3.05, 3.63) is 0 Å². The molecule has 4 N–H and O–H groups in total. The van der Waals surface area contributed by atoms with Crippen molar-refractivity contribution in [2.75, 3.05) is 13.2 Å². The van der Waals surface area contributed by atoms with E-state index >= 15 is 0 Å². The molecule has 0 aliphatic carbocycles. The van der Waals surface area contributed by atoms with Crippen LogP contribution >= 0.6 is 0 Å². The number of halogens is 6. The number of rotatable bonds is 4. The molecule has 0 atom stereocenters. The van der Waals surface area contributed by atoms with Crippen LogP contribution < -0.4 is 0 Å². The Hall–Kier alpha value is -0.0966. The summed E-state index contributed by atoms with van der Waals surface area (Å²) in [5.74, 6) is 0. The Morgan fingerprint density at radius 1 is 0.680 bits per heavy atom. The van der Waals surface area contributed by atoms with Crippen molar-refractivity contribution in [1.29, 1.82) is 0 Å². The third kappa shape index (κ3) is 23.9. The van der Waals surface area contributed by atoms with Crippen LogP contribution in [0.5, 0.6) is 0 Å². The second-order valence-electron chi connectivity index (χ2n) is 3.31. The molecule has 0 aromatic rings. The molecule has 0 aliphatic rings. The molecule has 0 unspecified atom stereocenters. The van der Waals surface area contributed by atoms with E-state index in [1.165, 1.54) is 0 Å². The predicted molar refractivity (Wildman–Crippen MR) is 63.1 cm³/mol. The van der Waals surface area contributed by atoms with Crippen molar-refractivity contribution >= 4 is 20.2 Å². The molecule has 25 heavy (non-hydrogen) atoms. The van der Waals surface area contributed by atoms with Crippen LogP contribution in [0.2, 0.25) is 0 Å². The van der Waals surface area contributed by atoms with E-state index in [1.807, 2.05) is 0 Å². The second-order valence-corrected chi connectivity index (χ2v) is 6.05. The summed E-state index contributed by atoms with van der Waals surface area (Å²) in [5.41, 5.74) is -11.3. The van der Waals surface area contributed by atoms with Gasteiger partial charge in [0, 0.05) is 13.2 Å². The predicted octanol–water partition coefficient (Wildman–Crippen LogP) is -0.583. The number of hydrogen-bond donors (Lipinski definition) is 2. The number of alkyl halides is 6. The molecule has 152 valence electrons. The number of aliphatic hydroxyl groups is 2. The van der Waals surface area contributed by atoms with Crippen LogP contribution in [0.15, 0.2) is 0 Å². The summed E-state index contributed by atoms with van der Waals surface area (Å²) in [4.78, 5) is 0. The van der Waals surface area contributed by atoms with Gasteiger partial charge in [0.15, 0.2) is 20.2 Å². The summed E-state index contributed by atoms with van der Waals surface area (Å²) in [6.45, 7) is 0.500. The zero-order valence-corrected chi connectivity index (χ0v) is 16.8. The number of hydrogen-bond acceptors (Lipinski definition) is 8. The van der Waals surface area contributed by atoms with Gasteiger partial charge in [-0.2, -0.15) is 26.3 Å². The summed E-state index contributed by atoms with van der Waals surface area (Å²) in [7, 11) is -12.2. The Morgan fingerprint density at radius 2 is 0.840 bits per heavy atom. The third-order valence-electron chi connectivity index (χ3n) is 1.38. The van der Waals surface area contributed by atoms with E-state index in [0.29, 0.717) is 0 Å². The molecule has 0 saturated carbocycles. The summed E-state index contributed by atoms with van der Waals surface area (Å²) in [6, 6.07) is 0. The van der Waals surface area contributed by atoms with Gasteiger partial charge in [-0.1, -0.05) is 0 Å². The van der Waals surface area contributed by atoms with E-state index in [-0.39, 0.29) is 38.2 Å². The van der Waals surface area contributed by atoms with Crippen molar-refractivity contribution in [3.63, 3.8) is 0 Å². The van der Waals surface area contributed by atoms with E-state index in [0.717, 1.165) is 19.3 Å². The molecule has 0 bridgehead atoms. The van der Waals surface area contributed by atoms with Crippen molar-refractivity contribution in [1.82, 2.24) is 0 Å². The van der Waals surface area contributed by atoms with Crippen molar-refractivity contribution in [2.45, 2.75) is 30.3 Å². The molecule has 0 aliphatic heterocycles. The van der Waals surface area contributed by atoms with Crippen LogP contribution in [0.4, 0.5) is 26.3 Å². The first kappa shape index (κ1) is 35.9. The Balaban J connectivity index is -0.0000000771. The second kappa shape index (κ2) is 15.0. The first-order valence-corrected chi connectivity index (χ1v) is 7.99. The molecule has 0 saturated heterocycles. The summed E-state index contributed by atoms with van der Waals surface area (Å²) < 4.78 is 118. The first-order chi connectivity index (χ1) is 9.91. The molecule has 0 spiro atoms. The Morgan fingerprint density at radius 3 is 0.920 bits per heavy atom. The minimum Gasteiger partial charge on any atom is -0.741 e. The van der Waals surface area contributed by atoms with Gasteiger partial charge in [-0.05, 0) is 19.3 Å². The number of unbranched alkanes of at least 4 members (excludes halogenated alkanes) is 2. The third-order valence-corrected chi connectivity index (χ3v) is 2.52. The molecule has 0 heterocycles. The van der Waals surface area contributed by atoms with Crippen LogP contribution in [-0.4, -0.2) is 65.9 Å². The van der Waals surface area contributed by atoms with Gasteiger partial charge >= 0.3 is 30.5 Å². The smallest absolute Gasteiger partial charge is 0.741 e. The molecule has 0 aromatic heterocycles. The van der Waals surface area contributed by atoms with Gasteiger partial charge in [0.1, 0.15) is 0 Å². The normalized spacial score (nSPS) is 11.6. The van der Waals surface area contributed by atoms with Crippen molar-refractivity contribution in [2.24, 2.45) is 0 Å². The van der Waals surface area contributed by atoms with Crippen LogP contribution in [0.3, 0.4) is 0 Å². The molecule has 0 amide bonds. The van der Waals surface area contributed by atoms with E-state index in [9.17, 15) is 26.3 Å². The summed E-state index contributed by atoms with van der Waals surface area (Å²) in [5, 5.41) is 16.4. The molecule has 0 rings (SSSR count). The van der Waals surface area contributed by atoms with Gasteiger partial charge in [0.2, 0.25) is 0 Å². The summed E-state index contributed by atoms with van der Waals surface area (Å²) >= 11 is 0. The molecular formula is C7H14F6O9S2Zn. The average molecular weight is 486 g/mol. The van der Waals surface area contributed by atoms with E-state index in [4.69, 9.17) is 36.2 Å². The van der Waals surface area contributed by atoms with Gasteiger partial charge < -0.3 is 24.8 Å². The molecule has 0 fully saturated rings. The van der Waals surface area contributed by atoms with Crippen LogP contribution in [0.25, 0.3) is 0 Å². The van der Waals surface area contributed by atoms with Gasteiger partial charge in [-0.25, -0.2) is 16.8 Å². The zero-order valence-electron chi connectivity index (χ0n) is 12.2. The Bertz CT molecular complexity index is 456. The fraction of sp³-hybridized carbons (Fsp3) is 1.00. The standard InChI is InChI=1S/C5H12O2.2CHF3O3S.H2O.Zn/c6-4-2-1-3-5-7;2*2-1(3,4)8(5,6)7;;/h6-7H,1-5H2;2*(H,5,6,7);1H2;/q;;;;+2/p-2. The summed E-state index contributed by atoms with van der Waals surface area (Å²) in [6.07, 6.45) is 2.58. The Kier molecular flexibility index (Phi) is 21.6. The van der Waals surface area contributed by atoms with E-state index < -0.39 is 31.3 Å². The largest absolute Gasteiger partial charge is 2.00 e. The molecule has 0 aromatic carbocycles. The minimum atomic E-state index is -6.09. The number of aliphatic hydroxyl groups excluding tert-OH is 2. The fourth-order valence-corrected chi connectivity index (χ4v) is 0.400. The van der Waals surface area contributed by atoms with Crippen LogP contribution in [-0.2, 0) is 39.7 Å². The SMILES string of the molecule is O.O=S(=O)([O-])C(F)(F)F.O=S(=O)([O-])C(F)(F)F.OCCCCCO.[Zn+2]. The maximum absolute atomic E-state index is 10.7. The van der Waals surface area contributed by atoms with Gasteiger partial charge in [0.25, 0.3) is 0 Å². The van der Waals surface area contributed by atoms with Crippen LogP contribution in [0, 0.1) is 0 Å². The van der Waals surface area contributed by atoms with Crippen molar-refractivity contribution in [3.8, 4) is 0 Å². The molecule has 18 heteroatoms. The van der Waals surface area contributed by atoms with Crippen molar-refractivity contribution < 1.29 is 87.5 Å². The maximum Gasteiger partial charge on any atom is 2.00 e. The quantitative estimate of drug-likeness (QED) is 0.174. The van der Waals surface area contributed by atoms with E-state index in [1.54, 1.807) is 0 Å². The fourth-order valence-electron chi connectivity index (χ4n) is 0.400. The van der Waals surface area contributed by atoms with Gasteiger partial charge in [0.05, 0.1) is 0 Å². The van der Waals surface area contributed by atoms with Crippen LogP contribution in [0.1, 0.15) is 19.3 Å². The molecule has 9 nitrogen and oxygen atoms in total. The molecule has 0 radical (unpaired) electrons. The molecular weight excluding hydrogens is 472 g/mol. The Labute approximate surface area is 151 Å². The average Bonchev–Trinajstić information content (AvgIpc) is 2.26. The first-order valence-electron chi connectivity index (χ1n) is 5.17. The maximum atomic E-state index is 10.7. The van der Waals surface area contributed by atoms with E-state index in [2.05, 4.69) is 0 Å². The minimum absolute atomic E-state index is 0. The monoisotopic (exact) mass is 484 g/mol. The van der Waals surface area contributed by atoms with Gasteiger partial charge in [-0.3, -0.25) is 0 Å².